The summed E-state index contributed by atoms with van der Waals surface area (Å²) in [5.74, 6) is 0.00926. The highest BCUT2D eigenvalue weighted by molar-refractivity contribution is 5.77. The van der Waals surface area contributed by atoms with Crippen LogP contribution in [0.3, 0.4) is 0 Å². The molecular formula is C23H16FNO2. The molecular weight excluding hydrogens is 341 g/mol. The Kier molecular flexibility index (Phi) is 4.30. The molecule has 0 spiro atoms. The first-order chi connectivity index (χ1) is 13.1. The molecule has 1 aromatic heterocycles. The number of nitrogens with zero attached hydrogens (tertiary/aromatic N) is 1. The van der Waals surface area contributed by atoms with E-state index >= 15 is 0 Å². The van der Waals surface area contributed by atoms with E-state index in [0.29, 0.717) is 11.4 Å². The third-order valence-corrected chi connectivity index (χ3v) is 4.29. The van der Waals surface area contributed by atoms with E-state index < -0.39 is 0 Å². The van der Waals surface area contributed by atoms with E-state index in [1.54, 1.807) is 48.5 Å². The van der Waals surface area contributed by atoms with Crippen LogP contribution in [0.4, 0.5) is 4.39 Å². The average Bonchev–Trinajstić information content (AvgIpc) is 2.68. The van der Waals surface area contributed by atoms with Crippen molar-refractivity contribution < 1.29 is 14.6 Å². The largest absolute Gasteiger partial charge is 0.508 e. The van der Waals surface area contributed by atoms with Gasteiger partial charge in [0.1, 0.15) is 17.3 Å². The van der Waals surface area contributed by atoms with Crippen molar-refractivity contribution in [2.24, 2.45) is 0 Å². The molecule has 2 N–H and O–H groups in total. The van der Waals surface area contributed by atoms with Crippen LogP contribution in [0.1, 0.15) is 0 Å². The molecule has 0 saturated heterocycles. The van der Waals surface area contributed by atoms with E-state index in [0.717, 1.165) is 22.3 Å². The molecule has 0 bridgehead atoms. The molecule has 3 aromatic carbocycles. The van der Waals surface area contributed by atoms with Crippen LogP contribution >= 0.6 is 0 Å². The predicted molar refractivity (Wildman–Crippen MR) is 104 cm³/mol. The minimum atomic E-state index is -0.297. The van der Waals surface area contributed by atoms with Crippen LogP contribution in [0.5, 0.6) is 11.5 Å². The monoisotopic (exact) mass is 357 g/mol. The summed E-state index contributed by atoms with van der Waals surface area (Å²) in [6.07, 6.45) is 0. The topological polar surface area (TPSA) is 53.4 Å². The Balaban J connectivity index is 1.92. The smallest absolute Gasteiger partial charge is 0.123 e. The maximum atomic E-state index is 13.3. The van der Waals surface area contributed by atoms with E-state index in [4.69, 9.17) is 4.98 Å². The molecule has 0 amide bonds. The number of hydrogen-bond acceptors (Lipinski definition) is 3. The zero-order valence-electron chi connectivity index (χ0n) is 14.3. The molecule has 4 rings (SSSR count). The fraction of sp³-hybridized carbons (Fsp3) is 0. The maximum Gasteiger partial charge on any atom is 0.123 e. The summed E-state index contributed by atoms with van der Waals surface area (Å²) in [6.45, 7) is 0. The summed E-state index contributed by atoms with van der Waals surface area (Å²) in [5.41, 5.74) is 4.58. The van der Waals surface area contributed by atoms with Gasteiger partial charge >= 0.3 is 0 Å². The van der Waals surface area contributed by atoms with Gasteiger partial charge in [-0.25, -0.2) is 9.37 Å². The van der Waals surface area contributed by atoms with Gasteiger partial charge in [0.05, 0.1) is 11.4 Å². The number of hydrogen-bond donors (Lipinski definition) is 2. The van der Waals surface area contributed by atoms with Crippen LogP contribution in [0.25, 0.3) is 33.6 Å². The van der Waals surface area contributed by atoms with Crippen molar-refractivity contribution in [3.63, 3.8) is 0 Å². The van der Waals surface area contributed by atoms with Gasteiger partial charge in [-0.3, -0.25) is 0 Å². The Morgan fingerprint density at radius 2 is 1.07 bits per heavy atom. The lowest BCUT2D eigenvalue weighted by Crippen LogP contribution is -1.91. The van der Waals surface area contributed by atoms with Gasteiger partial charge in [0.25, 0.3) is 0 Å². The third kappa shape index (κ3) is 3.65. The SMILES string of the molecule is Oc1cccc(-c2cc(-c3ccc(F)cc3)cc(-c3cccc(O)c3)n2)c1. The first-order valence-corrected chi connectivity index (χ1v) is 8.45. The molecule has 132 valence electrons. The number of phenolic OH excluding ortho intramolecular Hbond substituents is 2. The quantitative estimate of drug-likeness (QED) is 0.499. The highest BCUT2D eigenvalue weighted by Crippen LogP contribution is 2.32. The molecule has 0 saturated carbocycles. The minimum Gasteiger partial charge on any atom is -0.508 e. The van der Waals surface area contributed by atoms with Crippen LogP contribution in [-0.2, 0) is 0 Å². The molecule has 4 aromatic rings. The molecule has 0 aliphatic carbocycles. The highest BCUT2D eigenvalue weighted by Gasteiger charge is 2.10. The minimum absolute atomic E-state index is 0.153. The van der Waals surface area contributed by atoms with Gasteiger partial charge in [0, 0.05) is 11.1 Å². The molecule has 27 heavy (non-hydrogen) atoms. The van der Waals surface area contributed by atoms with Crippen molar-refractivity contribution in [1.29, 1.82) is 0 Å². The van der Waals surface area contributed by atoms with E-state index in [9.17, 15) is 14.6 Å². The predicted octanol–water partition coefficient (Wildman–Crippen LogP) is 5.63. The lowest BCUT2D eigenvalue weighted by molar-refractivity contribution is 0.475. The molecule has 0 unspecified atom stereocenters. The van der Waals surface area contributed by atoms with Crippen molar-refractivity contribution in [3.05, 3.63) is 90.7 Å². The second kappa shape index (κ2) is 6.92. The summed E-state index contributed by atoms with van der Waals surface area (Å²) < 4.78 is 13.3. The Labute approximate surface area is 156 Å². The first kappa shape index (κ1) is 16.8. The normalized spacial score (nSPS) is 10.7. The van der Waals surface area contributed by atoms with Gasteiger partial charge in [-0.1, -0.05) is 36.4 Å². The zero-order chi connectivity index (χ0) is 18.8. The van der Waals surface area contributed by atoms with Crippen molar-refractivity contribution >= 4 is 0 Å². The van der Waals surface area contributed by atoms with Gasteiger partial charge in [-0.2, -0.15) is 0 Å². The fourth-order valence-corrected chi connectivity index (χ4v) is 2.97. The Morgan fingerprint density at radius 3 is 1.56 bits per heavy atom. The number of benzene rings is 3. The summed E-state index contributed by atoms with van der Waals surface area (Å²) in [4.78, 5) is 4.70. The Bertz CT molecular complexity index is 1040. The van der Waals surface area contributed by atoms with Gasteiger partial charge in [-0.05, 0) is 59.7 Å². The van der Waals surface area contributed by atoms with Crippen molar-refractivity contribution in [3.8, 4) is 45.1 Å². The second-order valence-corrected chi connectivity index (χ2v) is 6.23. The molecule has 3 nitrogen and oxygen atoms in total. The number of pyridine rings is 1. The summed E-state index contributed by atoms with van der Waals surface area (Å²) in [7, 11) is 0. The van der Waals surface area contributed by atoms with Crippen molar-refractivity contribution in [1.82, 2.24) is 4.98 Å². The number of aromatic nitrogens is 1. The number of rotatable bonds is 3. The van der Waals surface area contributed by atoms with Crippen molar-refractivity contribution in [2.45, 2.75) is 0 Å². The Hall–Kier alpha value is -3.66. The lowest BCUT2D eigenvalue weighted by Gasteiger charge is -2.11. The summed E-state index contributed by atoms with van der Waals surface area (Å²) >= 11 is 0. The standard InChI is InChI=1S/C23H16FNO2/c24-19-9-7-15(8-10-19)18-13-22(16-3-1-5-20(26)11-16)25-23(14-18)17-4-2-6-21(27)12-17/h1-14,26-27H. The first-order valence-electron chi connectivity index (χ1n) is 8.45. The molecule has 0 radical (unpaired) electrons. The van der Waals surface area contributed by atoms with Crippen LogP contribution in [0.2, 0.25) is 0 Å². The Morgan fingerprint density at radius 1 is 0.556 bits per heavy atom. The van der Waals surface area contributed by atoms with E-state index in [1.807, 2.05) is 24.3 Å². The number of phenols is 2. The van der Waals surface area contributed by atoms with Crippen LogP contribution in [-0.4, -0.2) is 15.2 Å². The average molecular weight is 357 g/mol. The third-order valence-electron chi connectivity index (χ3n) is 4.29. The van der Waals surface area contributed by atoms with Crippen LogP contribution in [0.15, 0.2) is 84.9 Å². The molecule has 0 atom stereocenters. The highest BCUT2D eigenvalue weighted by atomic mass is 19.1. The summed E-state index contributed by atoms with van der Waals surface area (Å²) in [5, 5.41) is 19.6. The zero-order valence-corrected chi connectivity index (χ0v) is 14.3. The fourth-order valence-electron chi connectivity index (χ4n) is 2.97. The van der Waals surface area contributed by atoms with Gasteiger partial charge < -0.3 is 10.2 Å². The lowest BCUT2D eigenvalue weighted by atomic mass is 10.00. The van der Waals surface area contributed by atoms with Gasteiger partial charge in [0.2, 0.25) is 0 Å². The molecule has 0 aliphatic rings. The summed E-state index contributed by atoms with van der Waals surface area (Å²) in [6, 6.07) is 23.8. The molecule has 0 aliphatic heterocycles. The van der Waals surface area contributed by atoms with Gasteiger partial charge in [-0.15, -0.1) is 0 Å². The molecule has 4 heteroatoms. The van der Waals surface area contributed by atoms with Gasteiger partial charge in [0.15, 0.2) is 0 Å². The van der Waals surface area contributed by atoms with Crippen molar-refractivity contribution in [2.75, 3.05) is 0 Å². The van der Waals surface area contributed by atoms with Crippen LogP contribution in [0, 0.1) is 5.82 Å². The maximum absolute atomic E-state index is 13.3. The molecule has 0 fully saturated rings. The van der Waals surface area contributed by atoms with Crippen LogP contribution < -0.4 is 0 Å². The number of halogens is 1. The van der Waals surface area contributed by atoms with E-state index in [-0.39, 0.29) is 17.3 Å². The number of aromatic hydroxyl groups is 2. The second-order valence-electron chi connectivity index (χ2n) is 6.23. The van der Waals surface area contributed by atoms with E-state index in [2.05, 4.69) is 0 Å². The van der Waals surface area contributed by atoms with E-state index in [1.165, 1.54) is 12.1 Å². The molecule has 1 heterocycles.